The third-order valence-electron chi connectivity index (χ3n) is 7.44. The molecule has 1 aliphatic carbocycles. The van der Waals surface area contributed by atoms with E-state index in [0.717, 1.165) is 42.9 Å². The number of carbonyl (C=O) groups excluding carboxylic acids is 1. The molecule has 1 saturated carbocycles. The van der Waals surface area contributed by atoms with Crippen LogP contribution in [0.3, 0.4) is 0 Å². The minimum Gasteiger partial charge on any atom is -0.490 e. The molecule has 0 spiro atoms. The van der Waals surface area contributed by atoms with E-state index in [4.69, 9.17) is 21.1 Å². The van der Waals surface area contributed by atoms with Gasteiger partial charge in [-0.1, -0.05) is 11.6 Å². The molecule has 2 aromatic carbocycles. The van der Waals surface area contributed by atoms with Gasteiger partial charge in [-0.3, -0.25) is 4.90 Å². The van der Waals surface area contributed by atoms with Gasteiger partial charge in [-0.05, 0) is 101 Å². The van der Waals surface area contributed by atoms with E-state index in [1.54, 1.807) is 26.8 Å². The number of piperidine rings is 1. The summed E-state index contributed by atoms with van der Waals surface area (Å²) in [6.45, 7) is 5.83. The molecule has 3 aliphatic rings. The number of benzene rings is 2. The molecule has 2 saturated heterocycles. The number of ether oxygens (including phenoxy) is 3. The first kappa shape index (κ1) is 28.0. The Bertz CT molecular complexity index is 1230. The van der Waals surface area contributed by atoms with Gasteiger partial charge in [0, 0.05) is 29.7 Å². The second kappa shape index (κ2) is 10.5. The van der Waals surface area contributed by atoms with Crippen LogP contribution in [0, 0.1) is 5.82 Å². The summed E-state index contributed by atoms with van der Waals surface area (Å²) < 4.78 is 68.7. The van der Waals surface area contributed by atoms with Crippen molar-refractivity contribution in [2.75, 3.05) is 0 Å². The molecule has 0 amide bonds. The highest BCUT2D eigenvalue weighted by molar-refractivity contribution is 6.30. The van der Waals surface area contributed by atoms with Gasteiger partial charge in [0.1, 0.15) is 29.0 Å². The predicted octanol–water partition coefficient (Wildman–Crippen LogP) is 7.78. The Morgan fingerprint density at radius 2 is 1.62 bits per heavy atom. The molecule has 5 nitrogen and oxygen atoms in total. The summed E-state index contributed by atoms with van der Waals surface area (Å²) in [7, 11) is 0. The molecule has 2 aliphatic heterocycles. The number of hydrogen-bond donors (Lipinski definition) is 0. The molecule has 2 heterocycles. The Hall–Kier alpha value is -2.52. The zero-order chi connectivity index (χ0) is 28.1. The topological polar surface area (TPSA) is 48.0 Å². The van der Waals surface area contributed by atoms with Crippen LogP contribution in [0.5, 0.6) is 11.5 Å². The number of fused-ring (bicyclic) bond motifs is 2. The van der Waals surface area contributed by atoms with Gasteiger partial charge < -0.3 is 14.2 Å². The fraction of sp³-hybridized carbons (Fsp3) is 0.552. The van der Waals surface area contributed by atoms with Crippen molar-refractivity contribution in [3.05, 3.63) is 57.9 Å². The van der Waals surface area contributed by atoms with Gasteiger partial charge in [0.25, 0.3) is 0 Å². The van der Waals surface area contributed by atoms with E-state index in [1.807, 2.05) is 0 Å². The summed E-state index contributed by atoms with van der Waals surface area (Å²) in [5.74, 6) is -1.11. The second-order valence-corrected chi connectivity index (χ2v) is 12.2. The van der Waals surface area contributed by atoms with Gasteiger partial charge in [-0.15, -0.1) is 13.2 Å². The van der Waals surface area contributed by atoms with Gasteiger partial charge in [-0.25, -0.2) is 9.18 Å². The summed E-state index contributed by atoms with van der Waals surface area (Å²) in [4.78, 5) is 15.0. The highest BCUT2D eigenvalue weighted by Crippen LogP contribution is 2.45. The predicted molar refractivity (Wildman–Crippen MR) is 138 cm³/mol. The van der Waals surface area contributed by atoms with E-state index in [2.05, 4.69) is 9.64 Å². The van der Waals surface area contributed by atoms with Crippen LogP contribution in [-0.4, -0.2) is 41.0 Å². The molecule has 10 heteroatoms. The fourth-order valence-electron chi connectivity index (χ4n) is 5.80. The van der Waals surface area contributed by atoms with Crippen molar-refractivity contribution >= 4 is 17.6 Å². The average Bonchev–Trinajstić information content (AvgIpc) is 3.58. The number of alkyl halides is 3. The summed E-state index contributed by atoms with van der Waals surface area (Å²) in [5.41, 5.74) is 1.15. The maximum Gasteiger partial charge on any atom is 0.573 e. The average molecular weight is 570 g/mol. The summed E-state index contributed by atoms with van der Waals surface area (Å²) in [5, 5.41) is 0.0941. The largest absolute Gasteiger partial charge is 0.573 e. The SMILES string of the molecule is CC(C)(C)OC(=O)c1cc(C2CC2)c(CN2[C@@H]3CC[C@H]2CC(Oc2cc(Cl)cc(OC(F)(F)F)c2)C3)cc1F. The zero-order valence-electron chi connectivity index (χ0n) is 22.1. The van der Waals surface area contributed by atoms with Crippen LogP contribution in [0.4, 0.5) is 17.6 Å². The first-order valence-corrected chi connectivity index (χ1v) is 13.7. The minimum absolute atomic E-state index is 0.0268. The standard InChI is InChI=1S/C29H32ClF4NO4/c1-28(2,3)39-27(36)25-14-24(16-4-5-16)17(8-26(25)31)15-35-19-6-7-20(35)12-22(11-19)37-21-9-18(30)10-23(13-21)38-29(32,33)34/h8-10,13-14,16,19-20,22H,4-7,11-12,15H2,1-3H3/t19-,20+,22?. The van der Waals surface area contributed by atoms with Crippen molar-refractivity contribution in [1.29, 1.82) is 0 Å². The van der Waals surface area contributed by atoms with Crippen LogP contribution in [0.15, 0.2) is 30.3 Å². The molecule has 0 aromatic heterocycles. The van der Waals surface area contributed by atoms with Crippen molar-refractivity contribution in [2.24, 2.45) is 0 Å². The number of carbonyl (C=O) groups is 1. The Balaban J connectivity index is 1.29. The lowest BCUT2D eigenvalue weighted by molar-refractivity contribution is -0.274. The quantitative estimate of drug-likeness (QED) is 0.252. The molecule has 1 unspecified atom stereocenters. The number of rotatable bonds is 7. The number of esters is 1. The van der Waals surface area contributed by atoms with Gasteiger partial charge in [0.15, 0.2) is 0 Å². The van der Waals surface area contributed by atoms with Crippen molar-refractivity contribution < 1.29 is 36.6 Å². The molecule has 0 N–H and O–H groups in total. The number of halogens is 5. The Morgan fingerprint density at radius 1 is 0.974 bits per heavy atom. The lowest BCUT2D eigenvalue weighted by Gasteiger charge is -2.39. The fourth-order valence-corrected chi connectivity index (χ4v) is 6.01. The van der Waals surface area contributed by atoms with E-state index < -0.39 is 29.5 Å². The maximum atomic E-state index is 15.1. The highest BCUT2D eigenvalue weighted by Gasteiger charge is 2.42. The van der Waals surface area contributed by atoms with E-state index >= 15 is 4.39 Å². The molecule has 3 atom stereocenters. The molecule has 2 aromatic rings. The lowest BCUT2D eigenvalue weighted by atomic mass is 9.95. The van der Waals surface area contributed by atoms with Crippen molar-refractivity contribution in [3.8, 4) is 11.5 Å². The van der Waals surface area contributed by atoms with Crippen molar-refractivity contribution in [1.82, 2.24) is 4.90 Å². The number of nitrogens with zero attached hydrogens (tertiary/aromatic N) is 1. The lowest BCUT2D eigenvalue weighted by Crippen LogP contribution is -2.45. The minimum atomic E-state index is -4.82. The van der Waals surface area contributed by atoms with E-state index in [1.165, 1.54) is 18.2 Å². The third-order valence-corrected chi connectivity index (χ3v) is 7.66. The van der Waals surface area contributed by atoms with Crippen molar-refractivity contribution in [2.45, 2.75) is 102 Å². The van der Waals surface area contributed by atoms with Crippen LogP contribution < -0.4 is 9.47 Å². The first-order chi connectivity index (χ1) is 18.2. The summed E-state index contributed by atoms with van der Waals surface area (Å²) in [6, 6.07) is 7.33. The van der Waals surface area contributed by atoms with Gasteiger partial charge in [0.05, 0.1) is 5.56 Å². The smallest absolute Gasteiger partial charge is 0.490 e. The van der Waals surface area contributed by atoms with Gasteiger partial charge >= 0.3 is 12.3 Å². The van der Waals surface area contributed by atoms with Gasteiger partial charge in [-0.2, -0.15) is 0 Å². The van der Waals surface area contributed by atoms with Gasteiger partial charge in [0.2, 0.25) is 0 Å². The van der Waals surface area contributed by atoms with Crippen molar-refractivity contribution in [3.63, 3.8) is 0 Å². The molecule has 0 radical (unpaired) electrons. The normalized spacial score (nSPS) is 23.5. The molecular formula is C29H32ClF4NO4. The van der Waals surface area contributed by atoms with Crippen LogP contribution in [0.2, 0.25) is 5.02 Å². The maximum absolute atomic E-state index is 15.1. The van der Waals surface area contributed by atoms with Crippen LogP contribution in [0.25, 0.3) is 0 Å². The van der Waals surface area contributed by atoms with Crippen LogP contribution >= 0.6 is 11.6 Å². The highest BCUT2D eigenvalue weighted by atomic mass is 35.5. The molecule has 2 bridgehead atoms. The summed E-state index contributed by atoms with van der Waals surface area (Å²) in [6.07, 6.45) is 0.301. The van der Waals surface area contributed by atoms with E-state index in [0.29, 0.717) is 25.3 Å². The summed E-state index contributed by atoms with van der Waals surface area (Å²) >= 11 is 6.00. The monoisotopic (exact) mass is 569 g/mol. The molecule has 212 valence electrons. The molecule has 3 fully saturated rings. The van der Waals surface area contributed by atoms with E-state index in [9.17, 15) is 18.0 Å². The van der Waals surface area contributed by atoms with Crippen LogP contribution in [0.1, 0.15) is 86.7 Å². The third kappa shape index (κ3) is 6.98. The number of hydrogen-bond acceptors (Lipinski definition) is 5. The zero-order valence-corrected chi connectivity index (χ0v) is 22.9. The Kier molecular flexibility index (Phi) is 7.52. The molecule has 5 rings (SSSR count). The van der Waals surface area contributed by atoms with Crippen LogP contribution in [-0.2, 0) is 11.3 Å². The van der Waals surface area contributed by atoms with E-state index in [-0.39, 0.29) is 34.5 Å². The second-order valence-electron chi connectivity index (χ2n) is 11.7. The molecule has 39 heavy (non-hydrogen) atoms. The Labute approximate surface area is 230 Å². The first-order valence-electron chi connectivity index (χ1n) is 13.3. The molecular weight excluding hydrogens is 538 g/mol. The Morgan fingerprint density at radius 3 is 2.21 bits per heavy atom.